The summed E-state index contributed by atoms with van der Waals surface area (Å²) in [6.45, 7) is 0.0777. The quantitative estimate of drug-likeness (QED) is 0.106. The van der Waals surface area contributed by atoms with Crippen LogP contribution in [0, 0.1) is 17.3 Å². The van der Waals surface area contributed by atoms with Crippen LogP contribution in [-0.4, -0.2) is 19.0 Å². The summed E-state index contributed by atoms with van der Waals surface area (Å²) in [5, 5.41) is 1.74. The average molecular weight is 607 g/mol. The zero-order valence-electron chi connectivity index (χ0n) is 25.2. The Balaban J connectivity index is 1.34. The van der Waals surface area contributed by atoms with E-state index < -0.39 is 17.4 Å². The summed E-state index contributed by atoms with van der Waals surface area (Å²) in [7, 11) is 1.61. The first-order chi connectivity index (χ1) is 22.6. The van der Waals surface area contributed by atoms with Crippen LogP contribution in [0.25, 0.3) is 21.9 Å². The first-order valence-electron chi connectivity index (χ1n) is 15.1. The number of benzene rings is 5. The van der Waals surface area contributed by atoms with Gasteiger partial charge in [-0.3, -0.25) is 9.59 Å². The second-order valence-corrected chi connectivity index (χ2v) is 11.4. The van der Waals surface area contributed by atoms with E-state index in [0.29, 0.717) is 16.9 Å². The topological polar surface area (TPSA) is 75.0 Å². The van der Waals surface area contributed by atoms with Gasteiger partial charge in [0.25, 0.3) is 0 Å². The highest BCUT2D eigenvalue weighted by molar-refractivity contribution is 6.10. The van der Waals surface area contributed by atoms with Crippen molar-refractivity contribution in [2.75, 3.05) is 7.11 Å². The lowest BCUT2D eigenvalue weighted by molar-refractivity contribution is -0.173. The van der Waals surface area contributed by atoms with Crippen LogP contribution in [0.1, 0.15) is 33.4 Å². The maximum Gasteiger partial charge on any atom is 0.324 e. The molecule has 6 nitrogen and oxygen atoms in total. The summed E-state index contributed by atoms with van der Waals surface area (Å²) in [6, 6.07) is 36.1. The SMILES string of the molecule is COc1ccccc1C#Cc1c2c(cc3oc4ccccc4c13)CC(C(=O)OCc1ccccc1)(C(=O)OCc1ccccc1)C2. The molecule has 7 rings (SSSR count). The first kappa shape index (κ1) is 28.9. The van der Waals surface area contributed by atoms with Gasteiger partial charge in [0.1, 0.15) is 30.1 Å². The number of rotatable bonds is 7. The number of hydrogen-bond acceptors (Lipinski definition) is 6. The lowest BCUT2D eigenvalue weighted by atomic mass is 9.84. The van der Waals surface area contributed by atoms with E-state index in [1.54, 1.807) is 7.11 Å². The summed E-state index contributed by atoms with van der Waals surface area (Å²) in [5.41, 5.74) is 4.44. The van der Waals surface area contributed by atoms with Gasteiger partial charge in [-0.05, 0) is 52.9 Å². The molecule has 1 aromatic heterocycles. The van der Waals surface area contributed by atoms with E-state index in [2.05, 4.69) is 11.8 Å². The van der Waals surface area contributed by atoms with Crippen molar-refractivity contribution in [3.63, 3.8) is 0 Å². The number of ether oxygens (including phenoxy) is 3. The van der Waals surface area contributed by atoms with Crippen molar-refractivity contribution in [1.29, 1.82) is 0 Å². The summed E-state index contributed by atoms with van der Waals surface area (Å²) >= 11 is 0. The van der Waals surface area contributed by atoms with Crippen molar-refractivity contribution < 1.29 is 28.2 Å². The molecule has 1 heterocycles. The molecule has 1 aliphatic rings. The Kier molecular flexibility index (Phi) is 7.74. The van der Waals surface area contributed by atoms with E-state index in [0.717, 1.165) is 44.2 Å². The van der Waals surface area contributed by atoms with E-state index in [-0.39, 0.29) is 26.1 Å². The molecule has 0 N–H and O–H groups in total. The number of carbonyl (C=O) groups excluding carboxylic acids is 2. The maximum absolute atomic E-state index is 14.1. The van der Waals surface area contributed by atoms with Crippen molar-refractivity contribution in [1.82, 2.24) is 0 Å². The highest BCUT2D eigenvalue weighted by Crippen LogP contribution is 2.45. The Morgan fingerprint density at radius 3 is 2.00 bits per heavy atom. The summed E-state index contributed by atoms with van der Waals surface area (Å²) in [5.74, 6) is 6.08. The van der Waals surface area contributed by atoms with Crippen LogP contribution in [0.5, 0.6) is 5.75 Å². The fraction of sp³-hybridized carbons (Fsp3) is 0.150. The Hall–Kier alpha value is -5.80. The minimum Gasteiger partial charge on any atom is -0.495 e. The predicted octanol–water partition coefficient (Wildman–Crippen LogP) is 7.57. The van der Waals surface area contributed by atoms with Gasteiger partial charge in [-0.15, -0.1) is 0 Å². The molecule has 6 aromatic rings. The molecule has 1 aliphatic carbocycles. The molecule has 6 heteroatoms. The van der Waals surface area contributed by atoms with Crippen molar-refractivity contribution in [2.24, 2.45) is 5.41 Å². The van der Waals surface area contributed by atoms with Crippen LogP contribution in [0.3, 0.4) is 0 Å². The first-order valence-corrected chi connectivity index (χ1v) is 15.1. The van der Waals surface area contributed by atoms with Gasteiger partial charge in [0.05, 0.1) is 12.7 Å². The lowest BCUT2D eigenvalue weighted by Crippen LogP contribution is -2.42. The molecule has 0 fully saturated rings. The monoisotopic (exact) mass is 606 g/mol. The number of carbonyl (C=O) groups is 2. The van der Waals surface area contributed by atoms with Crippen molar-refractivity contribution in [3.8, 4) is 17.6 Å². The normalized spacial score (nSPS) is 13.1. The van der Waals surface area contributed by atoms with E-state index in [9.17, 15) is 9.59 Å². The minimum atomic E-state index is -1.60. The zero-order valence-corrected chi connectivity index (χ0v) is 25.2. The van der Waals surface area contributed by atoms with Gasteiger partial charge in [-0.1, -0.05) is 103 Å². The van der Waals surface area contributed by atoms with Crippen LogP contribution in [0.4, 0.5) is 0 Å². The third-order valence-corrected chi connectivity index (χ3v) is 8.47. The molecule has 0 unspecified atom stereocenters. The number of para-hydroxylation sites is 2. The Labute approximate surface area is 266 Å². The van der Waals surface area contributed by atoms with Gasteiger partial charge in [0.2, 0.25) is 0 Å². The summed E-state index contributed by atoms with van der Waals surface area (Å²) in [6.07, 6.45) is 0.175. The smallest absolute Gasteiger partial charge is 0.324 e. The second-order valence-electron chi connectivity index (χ2n) is 11.4. The highest BCUT2D eigenvalue weighted by atomic mass is 16.6. The van der Waals surface area contributed by atoms with E-state index in [1.807, 2.05) is 115 Å². The molecule has 226 valence electrons. The predicted molar refractivity (Wildman–Crippen MR) is 175 cm³/mol. The van der Waals surface area contributed by atoms with Crippen molar-refractivity contribution in [2.45, 2.75) is 26.1 Å². The van der Waals surface area contributed by atoms with Crippen LogP contribution in [-0.2, 0) is 45.1 Å². The minimum absolute atomic E-state index is 0.0389. The maximum atomic E-state index is 14.1. The number of hydrogen-bond donors (Lipinski definition) is 0. The molecule has 5 aromatic carbocycles. The average Bonchev–Trinajstić information content (AvgIpc) is 3.68. The molecule has 0 radical (unpaired) electrons. The van der Waals surface area contributed by atoms with Crippen molar-refractivity contribution >= 4 is 33.9 Å². The fourth-order valence-electron chi connectivity index (χ4n) is 6.14. The van der Waals surface area contributed by atoms with Gasteiger partial charge >= 0.3 is 11.9 Å². The number of methoxy groups -OCH3 is 1. The molecule has 0 saturated heterocycles. The van der Waals surface area contributed by atoms with E-state index in [4.69, 9.17) is 18.6 Å². The Morgan fingerprint density at radius 2 is 1.33 bits per heavy atom. The second kappa shape index (κ2) is 12.3. The van der Waals surface area contributed by atoms with Crippen molar-refractivity contribution in [3.05, 3.63) is 149 Å². The van der Waals surface area contributed by atoms with Gasteiger partial charge in [0.15, 0.2) is 5.41 Å². The third kappa shape index (κ3) is 5.37. The van der Waals surface area contributed by atoms with E-state index in [1.165, 1.54) is 0 Å². The Bertz CT molecular complexity index is 2080. The summed E-state index contributed by atoms with van der Waals surface area (Å²) < 4.78 is 23.5. The molecule has 46 heavy (non-hydrogen) atoms. The number of furan rings is 1. The van der Waals surface area contributed by atoms with Gasteiger partial charge < -0.3 is 18.6 Å². The van der Waals surface area contributed by atoms with Crippen LogP contribution in [0.15, 0.2) is 120 Å². The zero-order chi connectivity index (χ0) is 31.5. The lowest BCUT2D eigenvalue weighted by Gasteiger charge is -2.25. The molecule has 0 bridgehead atoms. The van der Waals surface area contributed by atoms with Crippen LogP contribution >= 0.6 is 0 Å². The van der Waals surface area contributed by atoms with Crippen LogP contribution < -0.4 is 4.74 Å². The molecule has 0 saturated carbocycles. The number of fused-ring (bicyclic) bond motifs is 4. The molecule has 0 amide bonds. The molecular weight excluding hydrogens is 576 g/mol. The highest BCUT2D eigenvalue weighted by Gasteiger charge is 2.54. The van der Waals surface area contributed by atoms with Gasteiger partial charge in [-0.25, -0.2) is 0 Å². The van der Waals surface area contributed by atoms with E-state index >= 15 is 0 Å². The standard InChI is InChI=1S/C40H30O6/c1-43-34-18-10-8-16-29(34)20-21-31-33-24-40(38(41)44-25-27-12-4-2-5-13-27,39(42)45-26-28-14-6-3-7-15-28)23-30(33)22-36-37(31)32-17-9-11-19-35(32)46-36/h2-19,22H,23-26H2,1H3. The largest absolute Gasteiger partial charge is 0.495 e. The molecule has 0 aliphatic heterocycles. The molecule has 0 atom stereocenters. The third-order valence-electron chi connectivity index (χ3n) is 8.47. The van der Waals surface area contributed by atoms with Crippen LogP contribution in [0.2, 0.25) is 0 Å². The Morgan fingerprint density at radius 1 is 0.717 bits per heavy atom. The fourth-order valence-corrected chi connectivity index (χ4v) is 6.14. The summed E-state index contributed by atoms with van der Waals surface area (Å²) in [4.78, 5) is 28.2. The number of esters is 2. The molecular formula is C40H30O6. The van der Waals surface area contributed by atoms with Gasteiger partial charge in [0, 0.05) is 22.8 Å². The molecule has 0 spiro atoms. The van der Waals surface area contributed by atoms with Gasteiger partial charge in [-0.2, -0.15) is 0 Å².